The fourth-order valence-electron chi connectivity index (χ4n) is 4.07. The molecule has 4 rings (SSSR count). The van der Waals surface area contributed by atoms with Gasteiger partial charge in [0.1, 0.15) is 17.6 Å². The lowest BCUT2D eigenvalue weighted by atomic mass is 9.97. The van der Waals surface area contributed by atoms with Crippen molar-refractivity contribution in [2.45, 2.75) is 43.4 Å². The van der Waals surface area contributed by atoms with Crippen molar-refractivity contribution in [1.82, 2.24) is 10.2 Å². The largest absolute Gasteiger partial charge is 0.354 e. The van der Waals surface area contributed by atoms with Gasteiger partial charge in [-0.3, -0.25) is 9.59 Å². The average Bonchev–Trinajstić information content (AvgIpc) is 3.23. The summed E-state index contributed by atoms with van der Waals surface area (Å²) >= 11 is 1.28. The van der Waals surface area contributed by atoms with Crippen LogP contribution in [0, 0.1) is 5.82 Å². The first-order chi connectivity index (χ1) is 14.6. The number of hydrogen-bond donors (Lipinski definition) is 1. The summed E-state index contributed by atoms with van der Waals surface area (Å²) in [6, 6.07) is 4.49. The van der Waals surface area contributed by atoms with Gasteiger partial charge in [-0.25, -0.2) is 14.1 Å². The molecule has 1 N–H and O–H groups in total. The Bertz CT molecular complexity index is 917. The summed E-state index contributed by atoms with van der Waals surface area (Å²) < 4.78 is 14.3. The number of carbonyl (C=O) groups excluding carboxylic acids is 3. The van der Waals surface area contributed by atoms with Crippen LogP contribution in [0.3, 0.4) is 0 Å². The number of urea groups is 1. The molecule has 158 valence electrons. The van der Waals surface area contributed by atoms with Crippen LogP contribution in [0.15, 0.2) is 47.4 Å². The van der Waals surface area contributed by atoms with E-state index in [-0.39, 0.29) is 18.1 Å². The molecule has 1 aromatic carbocycles. The summed E-state index contributed by atoms with van der Waals surface area (Å²) in [6.45, 7) is 0.337. The Morgan fingerprint density at radius 2 is 2.07 bits per heavy atom. The van der Waals surface area contributed by atoms with Crippen molar-refractivity contribution in [3.05, 3.63) is 53.2 Å². The van der Waals surface area contributed by atoms with E-state index in [0.29, 0.717) is 6.54 Å². The van der Waals surface area contributed by atoms with Crippen molar-refractivity contribution in [3.63, 3.8) is 0 Å². The van der Waals surface area contributed by atoms with E-state index in [0.717, 1.165) is 24.2 Å². The van der Waals surface area contributed by atoms with Gasteiger partial charge in [-0.1, -0.05) is 29.9 Å². The Morgan fingerprint density at radius 3 is 2.83 bits per heavy atom. The number of benzene rings is 1. The smallest absolute Gasteiger partial charge is 0.332 e. The average molecular weight is 430 g/mol. The lowest BCUT2D eigenvalue weighted by Gasteiger charge is -2.40. The molecule has 1 aromatic rings. The van der Waals surface area contributed by atoms with Crippen molar-refractivity contribution in [3.8, 4) is 0 Å². The van der Waals surface area contributed by atoms with Gasteiger partial charge in [0.25, 0.3) is 5.91 Å². The van der Waals surface area contributed by atoms with Crippen molar-refractivity contribution < 1.29 is 18.8 Å². The minimum absolute atomic E-state index is 0.0897. The molecule has 1 saturated heterocycles. The molecule has 3 aliphatic rings. The molecular formula is C22H24FN3O3S. The zero-order valence-corrected chi connectivity index (χ0v) is 17.4. The number of nitrogens with zero attached hydrogens (tertiary/aromatic N) is 2. The van der Waals surface area contributed by atoms with Crippen molar-refractivity contribution in [2.75, 3.05) is 18.0 Å². The molecule has 0 bridgehead atoms. The molecule has 2 unspecified atom stereocenters. The second kappa shape index (κ2) is 9.04. The molecule has 0 saturated carbocycles. The monoisotopic (exact) mass is 429 g/mol. The predicted octanol–water partition coefficient (Wildman–Crippen LogP) is 3.60. The number of imide groups is 1. The maximum absolute atomic E-state index is 14.3. The minimum atomic E-state index is -0.677. The number of amides is 4. The molecule has 2 heterocycles. The number of para-hydroxylation sites is 1. The normalized spacial score (nSPS) is 23.4. The first-order valence-corrected chi connectivity index (χ1v) is 11.2. The van der Waals surface area contributed by atoms with E-state index >= 15 is 0 Å². The van der Waals surface area contributed by atoms with Crippen LogP contribution in [0.25, 0.3) is 0 Å². The Hall–Kier alpha value is -2.61. The topological polar surface area (TPSA) is 69.7 Å². The Labute approximate surface area is 179 Å². The number of rotatable bonds is 6. The van der Waals surface area contributed by atoms with Crippen LogP contribution in [-0.4, -0.2) is 47.1 Å². The SMILES string of the molecule is O=C(CN1C(=O)N(c2ccccc2F)C(=O)C2SC=CC21)NCCC1=CCCCC1. The standard InChI is InChI=1S/C22H24FN3O3S/c23-16-8-4-5-9-17(16)26-21(28)20-18(11-13-30-20)25(22(26)29)14-19(27)24-12-10-15-6-2-1-3-7-15/h4-6,8-9,11,13,18,20H,1-3,7,10,12,14H2,(H,24,27). The molecule has 1 fully saturated rings. The summed E-state index contributed by atoms with van der Waals surface area (Å²) in [5.74, 6) is -1.41. The Kier molecular flexibility index (Phi) is 6.22. The third kappa shape index (κ3) is 4.14. The Morgan fingerprint density at radius 1 is 1.23 bits per heavy atom. The fourth-order valence-corrected chi connectivity index (χ4v) is 5.12. The van der Waals surface area contributed by atoms with E-state index in [1.807, 2.05) is 0 Å². The lowest BCUT2D eigenvalue weighted by Crippen LogP contribution is -2.63. The quantitative estimate of drug-likeness (QED) is 0.702. The molecule has 0 spiro atoms. The fraction of sp³-hybridized carbons (Fsp3) is 0.409. The van der Waals surface area contributed by atoms with Crippen LogP contribution < -0.4 is 10.2 Å². The first kappa shape index (κ1) is 20.7. The first-order valence-electron chi connectivity index (χ1n) is 10.2. The van der Waals surface area contributed by atoms with Gasteiger partial charge in [0.05, 0.1) is 11.7 Å². The van der Waals surface area contributed by atoms with Gasteiger partial charge in [0.2, 0.25) is 5.91 Å². The molecule has 8 heteroatoms. The van der Waals surface area contributed by atoms with E-state index in [1.165, 1.54) is 53.3 Å². The van der Waals surface area contributed by atoms with Gasteiger partial charge < -0.3 is 10.2 Å². The molecule has 1 aliphatic carbocycles. The maximum atomic E-state index is 14.3. The van der Waals surface area contributed by atoms with Gasteiger partial charge in [-0.2, -0.15) is 0 Å². The van der Waals surface area contributed by atoms with Crippen LogP contribution >= 0.6 is 11.8 Å². The van der Waals surface area contributed by atoms with Gasteiger partial charge >= 0.3 is 6.03 Å². The van der Waals surface area contributed by atoms with E-state index in [2.05, 4.69) is 11.4 Å². The number of carbonyl (C=O) groups is 3. The number of hydrogen-bond acceptors (Lipinski definition) is 4. The molecule has 30 heavy (non-hydrogen) atoms. The minimum Gasteiger partial charge on any atom is -0.354 e. The van der Waals surface area contributed by atoms with Crippen molar-refractivity contribution in [1.29, 1.82) is 0 Å². The van der Waals surface area contributed by atoms with E-state index in [9.17, 15) is 18.8 Å². The molecule has 0 aromatic heterocycles. The van der Waals surface area contributed by atoms with Crippen LogP contribution in [0.1, 0.15) is 32.1 Å². The highest BCUT2D eigenvalue weighted by molar-refractivity contribution is 8.03. The summed E-state index contributed by atoms with van der Waals surface area (Å²) in [5, 5.41) is 4.05. The zero-order chi connectivity index (χ0) is 21.1. The molecule has 2 atom stereocenters. The third-order valence-corrected chi connectivity index (χ3v) is 6.72. The number of halogens is 1. The molecular weight excluding hydrogens is 405 g/mol. The molecule has 0 radical (unpaired) electrons. The van der Waals surface area contributed by atoms with Crippen molar-refractivity contribution in [2.24, 2.45) is 0 Å². The van der Waals surface area contributed by atoms with Gasteiger partial charge in [-0.15, -0.1) is 11.8 Å². The maximum Gasteiger partial charge on any atom is 0.332 e. The highest BCUT2D eigenvalue weighted by Crippen LogP contribution is 2.36. The highest BCUT2D eigenvalue weighted by atomic mass is 32.2. The summed E-state index contributed by atoms with van der Waals surface area (Å²) in [4.78, 5) is 40.8. The van der Waals surface area contributed by atoms with Gasteiger partial charge in [0.15, 0.2) is 0 Å². The lowest BCUT2D eigenvalue weighted by molar-refractivity contribution is -0.124. The summed E-state index contributed by atoms with van der Waals surface area (Å²) in [5.41, 5.74) is 1.27. The van der Waals surface area contributed by atoms with Gasteiger partial charge in [-0.05, 0) is 49.6 Å². The van der Waals surface area contributed by atoms with Crippen LogP contribution in [0.4, 0.5) is 14.9 Å². The van der Waals surface area contributed by atoms with E-state index < -0.39 is 29.0 Å². The number of allylic oxidation sites excluding steroid dienone is 1. The third-order valence-electron chi connectivity index (χ3n) is 5.63. The van der Waals surface area contributed by atoms with E-state index in [1.54, 1.807) is 17.6 Å². The van der Waals surface area contributed by atoms with Crippen LogP contribution in [0.5, 0.6) is 0 Å². The van der Waals surface area contributed by atoms with Gasteiger partial charge in [0, 0.05) is 6.54 Å². The molecule has 2 aliphatic heterocycles. The second-order valence-corrected chi connectivity index (χ2v) is 8.67. The summed E-state index contributed by atoms with van der Waals surface area (Å²) in [7, 11) is 0. The molecule has 4 amide bonds. The van der Waals surface area contributed by atoms with E-state index in [4.69, 9.17) is 0 Å². The summed E-state index contributed by atoms with van der Waals surface area (Å²) in [6.07, 6.45) is 9.38. The highest BCUT2D eigenvalue weighted by Gasteiger charge is 2.48. The van der Waals surface area contributed by atoms with Crippen molar-refractivity contribution >= 4 is 35.3 Å². The van der Waals surface area contributed by atoms with Crippen LogP contribution in [0.2, 0.25) is 0 Å². The number of anilines is 1. The number of thioether (sulfide) groups is 1. The predicted molar refractivity (Wildman–Crippen MR) is 114 cm³/mol. The Balaban J connectivity index is 1.45. The molecule has 6 nitrogen and oxygen atoms in total. The zero-order valence-electron chi connectivity index (χ0n) is 16.6. The number of fused-ring (bicyclic) bond motifs is 1. The number of nitrogens with one attached hydrogen (secondary N) is 1. The van der Waals surface area contributed by atoms with Crippen LogP contribution in [-0.2, 0) is 9.59 Å². The second-order valence-electron chi connectivity index (χ2n) is 7.62.